The van der Waals surface area contributed by atoms with E-state index in [0.29, 0.717) is 30.9 Å². The van der Waals surface area contributed by atoms with Crippen LogP contribution in [0.15, 0.2) is 42.5 Å². The molecule has 2 heterocycles. The van der Waals surface area contributed by atoms with E-state index in [2.05, 4.69) is 4.74 Å². The summed E-state index contributed by atoms with van der Waals surface area (Å²) in [5, 5.41) is 0. The van der Waals surface area contributed by atoms with Crippen molar-refractivity contribution < 1.29 is 26.7 Å². The van der Waals surface area contributed by atoms with Gasteiger partial charge in [0.2, 0.25) is 10.0 Å². The first-order chi connectivity index (χ1) is 14.2. The number of nitrogens with zero attached hydrogens (tertiary/aromatic N) is 3. The molecule has 0 spiro atoms. The number of hydrogen-bond donors (Lipinski definition) is 0. The molecule has 0 saturated carbocycles. The van der Waals surface area contributed by atoms with Crippen LogP contribution in [0.5, 0.6) is 5.75 Å². The molecule has 160 valence electrons. The molecule has 2 amide bonds. The van der Waals surface area contributed by atoms with Crippen LogP contribution in [-0.4, -0.2) is 49.6 Å². The third kappa shape index (κ3) is 4.10. The average molecular weight is 437 g/mol. The molecule has 0 aromatic heterocycles. The molecule has 7 nitrogen and oxygen atoms in total. The van der Waals surface area contributed by atoms with Gasteiger partial charge in [-0.1, -0.05) is 24.3 Å². The topological polar surface area (TPSA) is 70.2 Å². The quantitative estimate of drug-likeness (QED) is 0.697. The highest BCUT2D eigenvalue weighted by molar-refractivity contribution is 7.88. The minimum Gasteiger partial charge on any atom is -0.434 e. The minimum atomic E-state index is -3.29. The van der Waals surface area contributed by atoms with E-state index in [4.69, 9.17) is 0 Å². The fourth-order valence-corrected chi connectivity index (χ4v) is 4.52. The van der Waals surface area contributed by atoms with E-state index >= 15 is 0 Å². The number of rotatable bonds is 6. The number of carbonyl (C=O) groups excluding carboxylic acids is 1. The van der Waals surface area contributed by atoms with E-state index in [1.165, 1.54) is 16.6 Å². The van der Waals surface area contributed by atoms with Crippen LogP contribution in [-0.2, 0) is 29.7 Å². The number of para-hydroxylation sites is 1. The van der Waals surface area contributed by atoms with Gasteiger partial charge >= 0.3 is 12.6 Å². The number of fused-ring (bicyclic) bond motifs is 1. The van der Waals surface area contributed by atoms with Crippen LogP contribution in [0, 0.1) is 0 Å². The van der Waals surface area contributed by atoms with E-state index in [0.717, 1.165) is 11.1 Å². The summed E-state index contributed by atoms with van der Waals surface area (Å²) in [6.45, 7) is -1.28. The third-order valence-corrected chi connectivity index (χ3v) is 6.50. The van der Waals surface area contributed by atoms with Gasteiger partial charge in [0.15, 0.2) is 0 Å². The number of anilines is 1. The lowest BCUT2D eigenvalue weighted by Gasteiger charge is -2.20. The molecular formula is C20H21F2N3O4S. The molecule has 0 N–H and O–H groups in total. The number of halogens is 2. The Morgan fingerprint density at radius 3 is 2.53 bits per heavy atom. The number of amides is 2. The number of hydrogen-bond acceptors (Lipinski definition) is 4. The fourth-order valence-electron chi connectivity index (χ4n) is 3.77. The van der Waals surface area contributed by atoms with Crippen LogP contribution < -0.4 is 9.64 Å². The molecule has 30 heavy (non-hydrogen) atoms. The van der Waals surface area contributed by atoms with E-state index in [9.17, 15) is 22.0 Å². The number of alkyl halides is 2. The monoisotopic (exact) mass is 437 g/mol. The highest BCUT2D eigenvalue weighted by atomic mass is 32.2. The summed E-state index contributed by atoms with van der Waals surface area (Å²) in [4.78, 5) is 16.1. The molecule has 10 heteroatoms. The molecule has 0 atom stereocenters. The second-order valence-corrected chi connectivity index (χ2v) is 9.31. The summed E-state index contributed by atoms with van der Waals surface area (Å²) in [6.07, 6.45) is 1.18. The summed E-state index contributed by atoms with van der Waals surface area (Å²) in [5.41, 5.74) is 2.99. The van der Waals surface area contributed by atoms with Gasteiger partial charge in [-0.2, -0.15) is 13.1 Å². The standard InChI is InChI=1S/C20H21F2N3O4S/c1-30(27,28)24-12-14-6-7-17(10-16(14)13-24)25-9-8-23(20(25)26)11-15-4-2-3-5-18(15)29-19(21)22/h2-7,10,19H,8-9,11-13H2,1H3. The zero-order valence-electron chi connectivity index (χ0n) is 16.3. The van der Waals surface area contributed by atoms with Gasteiger partial charge in [0.1, 0.15) is 5.75 Å². The van der Waals surface area contributed by atoms with Gasteiger partial charge in [-0.05, 0) is 29.3 Å². The smallest absolute Gasteiger partial charge is 0.387 e. The number of sulfonamides is 1. The van der Waals surface area contributed by atoms with Crippen molar-refractivity contribution in [2.24, 2.45) is 0 Å². The Hall–Kier alpha value is -2.72. The summed E-state index contributed by atoms with van der Waals surface area (Å²) in [5.74, 6) is 0.0529. The van der Waals surface area contributed by atoms with E-state index in [-0.39, 0.29) is 24.9 Å². The lowest BCUT2D eigenvalue weighted by atomic mass is 10.1. The fraction of sp³-hybridized carbons (Fsp3) is 0.350. The van der Waals surface area contributed by atoms with E-state index < -0.39 is 16.6 Å². The van der Waals surface area contributed by atoms with Gasteiger partial charge in [0.05, 0.1) is 12.8 Å². The van der Waals surface area contributed by atoms with E-state index in [1.54, 1.807) is 34.1 Å². The average Bonchev–Trinajstić information content (AvgIpc) is 3.26. The highest BCUT2D eigenvalue weighted by Crippen LogP contribution is 2.31. The Morgan fingerprint density at radius 1 is 1.07 bits per heavy atom. The van der Waals surface area contributed by atoms with Crippen molar-refractivity contribution in [3.8, 4) is 5.75 Å². The van der Waals surface area contributed by atoms with Crippen LogP contribution in [0.1, 0.15) is 16.7 Å². The van der Waals surface area contributed by atoms with E-state index in [1.807, 2.05) is 12.1 Å². The first-order valence-electron chi connectivity index (χ1n) is 9.38. The summed E-state index contributed by atoms with van der Waals surface area (Å²) < 4.78 is 54.8. The molecule has 0 bridgehead atoms. The Balaban J connectivity index is 1.49. The maximum Gasteiger partial charge on any atom is 0.387 e. The molecule has 0 unspecified atom stereocenters. The van der Waals surface area contributed by atoms with Gasteiger partial charge in [-0.15, -0.1) is 0 Å². The molecule has 0 radical (unpaired) electrons. The molecule has 1 fully saturated rings. The van der Waals surface area contributed by atoms with Crippen molar-refractivity contribution in [2.45, 2.75) is 26.2 Å². The predicted molar refractivity (Wildman–Crippen MR) is 107 cm³/mol. The van der Waals surface area contributed by atoms with Crippen LogP contribution in [0.2, 0.25) is 0 Å². The largest absolute Gasteiger partial charge is 0.434 e. The van der Waals surface area contributed by atoms with Crippen LogP contribution in [0.3, 0.4) is 0 Å². The number of carbonyl (C=O) groups is 1. The SMILES string of the molecule is CS(=O)(=O)N1Cc2ccc(N3CCN(Cc4ccccc4OC(F)F)C3=O)cc2C1. The summed E-state index contributed by atoms with van der Waals surface area (Å²) >= 11 is 0. The maximum atomic E-state index is 12.9. The molecular weight excluding hydrogens is 416 g/mol. The number of ether oxygens (including phenoxy) is 1. The van der Waals surface area contributed by atoms with Gasteiger partial charge in [0.25, 0.3) is 0 Å². The first kappa shape index (κ1) is 20.5. The molecule has 2 aliphatic heterocycles. The first-order valence-corrected chi connectivity index (χ1v) is 11.2. The van der Waals surface area contributed by atoms with Crippen LogP contribution in [0.25, 0.3) is 0 Å². The normalized spacial score (nSPS) is 17.1. The van der Waals surface area contributed by atoms with Gasteiger partial charge < -0.3 is 9.64 Å². The summed E-state index contributed by atoms with van der Waals surface area (Å²) in [7, 11) is -3.29. The lowest BCUT2D eigenvalue weighted by Crippen LogP contribution is -2.31. The third-order valence-electron chi connectivity index (χ3n) is 5.31. The lowest BCUT2D eigenvalue weighted by molar-refractivity contribution is -0.0506. The van der Waals surface area contributed by atoms with Crippen LogP contribution in [0.4, 0.5) is 19.3 Å². The van der Waals surface area contributed by atoms with Crippen molar-refractivity contribution in [1.29, 1.82) is 0 Å². The zero-order valence-corrected chi connectivity index (χ0v) is 17.1. The van der Waals surface area contributed by atoms with Crippen LogP contribution >= 0.6 is 0 Å². The molecule has 2 aliphatic rings. The van der Waals surface area contributed by atoms with Gasteiger partial charge in [0, 0.05) is 37.4 Å². The minimum absolute atomic E-state index is 0.0529. The van der Waals surface area contributed by atoms with Gasteiger partial charge in [-0.3, -0.25) is 4.90 Å². The van der Waals surface area contributed by atoms with Crippen molar-refractivity contribution in [3.05, 3.63) is 59.2 Å². The van der Waals surface area contributed by atoms with Gasteiger partial charge in [-0.25, -0.2) is 13.2 Å². The number of benzene rings is 2. The second kappa shape index (κ2) is 7.84. The Labute approximate surface area is 173 Å². The second-order valence-electron chi connectivity index (χ2n) is 7.33. The van der Waals surface area contributed by atoms with Crippen molar-refractivity contribution in [3.63, 3.8) is 0 Å². The van der Waals surface area contributed by atoms with Crippen molar-refractivity contribution >= 4 is 21.7 Å². The molecule has 4 rings (SSSR count). The Bertz CT molecular complexity index is 1080. The van der Waals surface area contributed by atoms with Crippen molar-refractivity contribution in [2.75, 3.05) is 24.2 Å². The zero-order chi connectivity index (χ0) is 21.5. The highest BCUT2D eigenvalue weighted by Gasteiger charge is 2.32. The number of urea groups is 1. The molecule has 2 aromatic rings. The molecule has 0 aliphatic carbocycles. The molecule has 2 aromatic carbocycles. The Morgan fingerprint density at radius 2 is 1.80 bits per heavy atom. The maximum absolute atomic E-state index is 12.9. The van der Waals surface area contributed by atoms with Crippen molar-refractivity contribution in [1.82, 2.24) is 9.21 Å². The predicted octanol–water partition coefficient (Wildman–Crippen LogP) is 3.01. The molecule has 1 saturated heterocycles. The Kier molecular flexibility index (Phi) is 5.37. The summed E-state index contributed by atoms with van der Waals surface area (Å²) in [6, 6.07) is 11.7.